The Labute approximate surface area is 118 Å². The molecule has 8 nitrogen and oxygen atoms in total. The number of nitro groups is 1. The molecule has 20 heavy (non-hydrogen) atoms. The molecule has 0 aromatic carbocycles. The van der Waals surface area contributed by atoms with Gasteiger partial charge in [0.25, 0.3) is 11.6 Å². The Morgan fingerprint density at radius 2 is 2.45 bits per heavy atom. The van der Waals surface area contributed by atoms with Crippen LogP contribution >= 0.6 is 11.6 Å². The molecule has 1 unspecified atom stereocenters. The number of halogens is 1. The Hall–Kier alpha value is -2.24. The van der Waals surface area contributed by atoms with E-state index in [4.69, 9.17) is 21.6 Å². The first-order valence-electron chi connectivity index (χ1n) is 5.63. The van der Waals surface area contributed by atoms with Gasteiger partial charge in [0.15, 0.2) is 6.10 Å². The summed E-state index contributed by atoms with van der Waals surface area (Å²) in [6, 6.07) is 2.99. The molecular formula is C11H9ClN4O4. The van der Waals surface area contributed by atoms with Gasteiger partial charge in [-0.1, -0.05) is 11.6 Å². The quantitative estimate of drug-likeness (QED) is 0.457. The number of carbonyl (C=O) groups is 1. The van der Waals surface area contributed by atoms with E-state index in [1.807, 2.05) is 6.07 Å². The molecule has 0 saturated carbocycles. The zero-order valence-corrected chi connectivity index (χ0v) is 10.9. The van der Waals surface area contributed by atoms with Gasteiger partial charge in [0.05, 0.1) is 29.7 Å². The van der Waals surface area contributed by atoms with Gasteiger partial charge in [0, 0.05) is 12.6 Å². The van der Waals surface area contributed by atoms with E-state index >= 15 is 0 Å². The Morgan fingerprint density at radius 1 is 1.70 bits per heavy atom. The van der Waals surface area contributed by atoms with Crippen molar-refractivity contribution >= 4 is 23.2 Å². The van der Waals surface area contributed by atoms with E-state index in [1.165, 1.54) is 4.90 Å². The second-order valence-corrected chi connectivity index (χ2v) is 4.39. The first-order chi connectivity index (χ1) is 9.52. The molecule has 1 aliphatic heterocycles. The molecule has 0 aliphatic carbocycles. The fourth-order valence-electron chi connectivity index (χ4n) is 1.77. The van der Waals surface area contributed by atoms with Crippen LogP contribution in [0.15, 0.2) is 12.3 Å². The number of amides is 1. The zero-order chi connectivity index (χ0) is 14.7. The summed E-state index contributed by atoms with van der Waals surface area (Å²) in [7, 11) is 0. The number of rotatable bonds is 2. The van der Waals surface area contributed by atoms with Gasteiger partial charge in [-0.25, -0.2) is 4.98 Å². The maximum absolute atomic E-state index is 12.3. The zero-order valence-electron chi connectivity index (χ0n) is 10.2. The minimum absolute atomic E-state index is 0.0561. The number of morpholine rings is 1. The summed E-state index contributed by atoms with van der Waals surface area (Å²) in [5, 5.41) is 19.4. The number of hydrogen-bond acceptors (Lipinski definition) is 6. The van der Waals surface area contributed by atoms with Crippen LogP contribution in [0.25, 0.3) is 0 Å². The van der Waals surface area contributed by atoms with Crippen molar-refractivity contribution in [3.8, 4) is 6.07 Å². The molecule has 2 heterocycles. The first kappa shape index (κ1) is 14.2. The predicted molar refractivity (Wildman–Crippen MR) is 67.2 cm³/mol. The van der Waals surface area contributed by atoms with Crippen molar-refractivity contribution in [2.45, 2.75) is 6.10 Å². The Morgan fingerprint density at radius 3 is 3.10 bits per heavy atom. The molecule has 0 N–H and O–H groups in total. The topological polar surface area (TPSA) is 109 Å². The molecule has 1 aliphatic rings. The maximum Gasteiger partial charge on any atom is 0.288 e. The summed E-state index contributed by atoms with van der Waals surface area (Å²) >= 11 is 5.81. The van der Waals surface area contributed by atoms with Crippen LogP contribution in [0.4, 0.5) is 5.69 Å². The fourth-order valence-corrected chi connectivity index (χ4v) is 1.95. The van der Waals surface area contributed by atoms with E-state index in [9.17, 15) is 14.9 Å². The number of pyridine rings is 1. The SMILES string of the molecule is N#CC1CN(C(=O)c2cc([N+](=O)[O-])cnc2Cl)CCO1. The molecule has 104 valence electrons. The lowest BCUT2D eigenvalue weighted by atomic mass is 10.2. The summed E-state index contributed by atoms with van der Waals surface area (Å²) in [5.41, 5.74) is -0.373. The van der Waals surface area contributed by atoms with Gasteiger partial charge in [0.2, 0.25) is 0 Å². The van der Waals surface area contributed by atoms with Crippen LogP contribution < -0.4 is 0 Å². The number of hydrogen-bond donors (Lipinski definition) is 0. The molecule has 1 atom stereocenters. The van der Waals surface area contributed by atoms with E-state index in [2.05, 4.69) is 4.98 Å². The van der Waals surface area contributed by atoms with Crippen LogP contribution in [0.2, 0.25) is 5.15 Å². The van der Waals surface area contributed by atoms with Crippen LogP contribution in [0.5, 0.6) is 0 Å². The van der Waals surface area contributed by atoms with E-state index in [-0.39, 0.29) is 36.1 Å². The Kier molecular flexibility index (Phi) is 4.12. The van der Waals surface area contributed by atoms with E-state index in [0.717, 1.165) is 12.3 Å². The summed E-state index contributed by atoms with van der Waals surface area (Å²) in [6.45, 7) is 0.605. The molecule has 9 heteroatoms. The van der Waals surface area contributed by atoms with Crippen LogP contribution in [0.1, 0.15) is 10.4 Å². The molecule has 1 fully saturated rings. The Balaban J connectivity index is 2.26. The van der Waals surface area contributed by atoms with Crippen LogP contribution in [0, 0.1) is 21.4 Å². The lowest BCUT2D eigenvalue weighted by Crippen LogP contribution is -2.45. The third kappa shape index (κ3) is 2.84. The van der Waals surface area contributed by atoms with Crippen molar-refractivity contribution in [3.63, 3.8) is 0 Å². The summed E-state index contributed by atoms with van der Waals surface area (Å²) in [6.07, 6.45) is 0.273. The second-order valence-electron chi connectivity index (χ2n) is 4.03. The number of nitrogens with zero attached hydrogens (tertiary/aromatic N) is 4. The van der Waals surface area contributed by atoms with Crippen molar-refractivity contribution in [3.05, 3.63) is 33.1 Å². The smallest absolute Gasteiger partial charge is 0.288 e. The van der Waals surface area contributed by atoms with Gasteiger partial charge in [-0.3, -0.25) is 14.9 Å². The lowest BCUT2D eigenvalue weighted by Gasteiger charge is -2.29. The minimum atomic E-state index is -0.710. The van der Waals surface area contributed by atoms with Gasteiger partial charge in [-0.2, -0.15) is 5.26 Å². The number of nitriles is 1. The number of aromatic nitrogens is 1. The summed E-state index contributed by atoms with van der Waals surface area (Å²) in [4.78, 5) is 27.3. The number of ether oxygens (including phenoxy) is 1. The molecule has 0 radical (unpaired) electrons. The van der Waals surface area contributed by atoms with Crippen molar-refractivity contribution in [2.75, 3.05) is 19.7 Å². The highest BCUT2D eigenvalue weighted by molar-refractivity contribution is 6.32. The predicted octanol–water partition coefficient (Wildman–Crippen LogP) is 1.01. The first-order valence-corrected chi connectivity index (χ1v) is 6.01. The van der Waals surface area contributed by atoms with E-state index in [1.54, 1.807) is 0 Å². The molecular weight excluding hydrogens is 288 g/mol. The normalized spacial score (nSPS) is 18.4. The third-order valence-corrected chi connectivity index (χ3v) is 3.06. The van der Waals surface area contributed by atoms with Crippen LogP contribution in [-0.2, 0) is 4.74 Å². The third-order valence-electron chi connectivity index (χ3n) is 2.76. The average molecular weight is 297 g/mol. The largest absolute Gasteiger partial charge is 0.360 e. The lowest BCUT2D eigenvalue weighted by molar-refractivity contribution is -0.385. The molecule has 0 bridgehead atoms. The van der Waals surface area contributed by atoms with E-state index in [0.29, 0.717) is 0 Å². The van der Waals surface area contributed by atoms with Crippen molar-refractivity contribution in [1.82, 2.24) is 9.88 Å². The fraction of sp³-hybridized carbons (Fsp3) is 0.364. The number of carbonyl (C=O) groups excluding carboxylic acids is 1. The molecule has 1 aromatic rings. The highest BCUT2D eigenvalue weighted by Gasteiger charge is 2.27. The van der Waals surface area contributed by atoms with Gasteiger partial charge < -0.3 is 9.64 Å². The van der Waals surface area contributed by atoms with Gasteiger partial charge in [0.1, 0.15) is 11.3 Å². The molecule has 2 rings (SSSR count). The minimum Gasteiger partial charge on any atom is -0.360 e. The maximum atomic E-state index is 12.3. The van der Waals surface area contributed by atoms with Gasteiger partial charge >= 0.3 is 0 Å². The van der Waals surface area contributed by atoms with Crippen molar-refractivity contribution in [2.24, 2.45) is 0 Å². The standard InChI is InChI=1S/C11H9ClN4O4/c12-10-9(3-7(5-14-10)16(18)19)11(17)15-1-2-20-8(4-13)6-15/h3,5,8H,1-2,6H2. The highest BCUT2D eigenvalue weighted by atomic mass is 35.5. The molecule has 1 aromatic heterocycles. The van der Waals surface area contributed by atoms with Crippen molar-refractivity contribution in [1.29, 1.82) is 5.26 Å². The van der Waals surface area contributed by atoms with Crippen LogP contribution in [0.3, 0.4) is 0 Å². The molecule has 1 amide bonds. The van der Waals surface area contributed by atoms with Crippen LogP contribution in [-0.4, -0.2) is 46.5 Å². The molecule has 1 saturated heterocycles. The Bertz CT molecular complexity index is 601. The van der Waals surface area contributed by atoms with Gasteiger partial charge in [-0.05, 0) is 0 Å². The summed E-state index contributed by atoms with van der Waals surface area (Å²) < 4.78 is 5.12. The monoisotopic (exact) mass is 296 g/mol. The second kappa shape index (κ2) is 5.81. The van der Waals surface area contributed by atoms with E-state index < -0.39 is 16.9 Å². The molecule has 0 spiro atoms. The summed E-state index contributed by atoms with van der Waals surface area (Å²) in [5.74, 6) is -0.505. The van der Waals surface area contributed by atoms with Gasteiger partial charge in [-0.15, -0.1) is 0 Å². The average Bonchev–Trinajstić information content (AvgIpc) is 2.46. The van der Waals surface area contributed by atoms with Crippen molar-refractivity contribution < 1.29 is 14.5 Å². The highest BCUT2D eigenvalue weighted by Crippen LogP contribution is 2.21.